The lowest BCUT2D eigenvalue weighted by Gasteiger charge is -2.35. The maximum absolute atomic E-state index is 13.2. The van der Waals surface area contributed by atoms with Crippen molar-refractivity contribution in [1.29, 1.82) is 0 Å². The molecule has 0 spiro atoms. The van der Waals surface area contributed by atoms with Crippen LogP contribution in [-0.2, 0) is 11.3 Å². The smallest absolute Gasteiger partial charge is 0.305 e. The van der Waals surface area contributed by atoms with Crippen molar-refractivity contribution in [2.75, 3.05) is 6.54 Å². The molecule has 1 heterocycles. The minimum atomic E-state index is -0.937. The first kappa shape index (κ1) is 28.9. The van der Waals surface area contributed by atoms with Crippen molar-refractivity contribution in [1.82, 2.24) is 14.7 Å². The Morgan fingerprint density at radius 3 is 2.10 bits per heavy atom. The molecule has 0 aliphatic rings. The zero-order chi connectivity index (χ0) is 28.3. The molecule has 4 rings (SSSR count). The van der Waals surface area contributed by atoms with Crippen molar-refractivity contribution in [2.45, 2.75) is 39.3 Å². The third-order valence-corrected chi connectivity index (χ3v) is 7.18. The Labute approximate surface area is 246 Å². The highest BCUT2D eigenvalue weighted by Gasteiger charge is 2.27. The van der Waals surface area contributed by atoms with E-state index in [2.05, 4.69) is 15.9 Å². The van der Waals surface area contributed by atoms with Gasteiger partial charge in [0.05, 0.1) is 24.4 Å². The lowest BCUT2D eigenvalue weighted by Crippen LogP contribution is -2.46. The van der Waals surface area contributed by atoms with Crippen LogP contribution >= 0.6 is 39.1 Å². The van der Waals surface area contributed by atoms with Gasteiger partial charge < -0.3 is 10.0 Å². The number of halogens is 3. The van der Waals surface area contributed by atoms with E-state index in [9.17, 15) is 9.59 Å². The lowest BCUT2D eigenvalue weighted by atomic mass is 10.0. The molecule has 1 amide bonds. The molecule has 4 aromatic rings. The van der Waals surface area contributed by atoms with Gasteiger partial charge >= 0.3 is 5.97 Å². The fourth-order valence-electron chi connectivity index (χ4n) is 4.26. The van der Waals surface area contributed by atoms with Crippen molar-refractivity contribution >= 4 is 51.0 Å². The van der Waals surface area contributed by atoms with Crippen LogP contribution in [0.3, 0.4) is 0 Å². The summed E-state index contributed by atoms with van der Waals surface area (Å²) in [5.41, 5.74) is 4.41. The van der Waals surface area contributed by atoms with Crippen LogP contribution in [0.15, 0.2) is 77.3 Å². The summed E-state index contributed by atoms with van der Waals surface area (Å²) in [5.74, 6) is -1.14. The molecule has 9 heteroatoms. The molecule has 6 nitrogen and oxygen atoms in total. The topological polar surface area (TPSA) is 75.4 Å². The molecule has 0 atom stereocenters. The zero-order valence-corrected chi connectivity index (χ0v) is 24.9. The molecule has 0 aliphatic carbocycles. The predicted octanol–water partition coefficient (Wildman–Crippen LogP) is 8.05. The van der Waals surface area contributed by atoms with E-state index in [0.717, 1.165) is 32.6 Å². The number of aromatic nitrogens is 2. The second-order valence-corrected chi connectivity index (χ2v) is 12.0. The zero-order valence-electron chi connectivity index (χ0n) is 21.8. The second kappa shape index (κ2) is 11.9. The highest BCUT2D eigenvalue weighted by atomic mass is 79.9. The average molecular weight is 629 g/mol. The molecule has 3 aromatic carbocycles. The van der Waals surface area contributed by atoms with Crippen LogP contribution in [0.25, 0.3) is 22.5 Å². The van der Waals surface area contributed by atoms with Gasteiger partial charge in [0.25, 0.3) is 5.91 Å². The Morgan fingerprint density at radius 2 is 1.54 bits per heavy atom. The van der Waals surface area contributed by atoms with Crippen molar-refractivity contribution in [3.05, 3.63) is 98.4 Å². The average Bonchev–Trinajstić information content (AvgIpc) is 3.27. The van der Waals surface area contributed by atoms with Crippen molar-refractivity contribution in [3.8, 4) is 22.5 Å². The fraction of sp³-hybridized carbons (Fsp3) is 0.233. The standard InChI is InChI=1S/C30H28BrCl2N3O3/c1-30(2,3)35(13-12-28(37)38)29(39)21-6-4-19(5-7-21)18-36-27(20-8-10-23(31)11-9-20)17-26(34-36)22-14-24(32)16-25(33)15-22/h4-11,14-17H,12-13,18H2,1-3H3,(H,37,38). The van der Waals surface area contributed by atoms with Gasteiger partial charge in [-0.2, -0.15) is 5.10 Å². The van der Waals surface area contributed by atoms with Crippen LogP contribution in [-0.4, -0.2) is 43.7 Å². The van der Waals surface area contributed by atoms with Crippen LogP contribution in [0, 0.1) is 0 Å². The van der Waals surface area contributed by atoms with Crippen LogP contribution in [0.2, 0.25) is 10.0 Å². The maximum atomic E-state index is 13.2. The SMILES string of the molecule is CC(C)(C)N(CCC(=O)O)C(=O)c1ccc(Cn2nc(-c3cc(Cl)cc(Cl)c3)cc2-c2ccc(Br)cc2)cc1. The molecule has 0 unspecified atom stereocenters. The number of benzene rings is 3. The number of carbonyl (C=O) groups excluding carboxylic acids is 1. The number of carboxylic acid groups (broad SMARTS) is 1. The van der Waals surface area contributed by atoms with Crippen molar-refractivity contribution in [2.24, 2.45) is 0 Å². The van der Waals surface area contributed by atoms with E-state index in [1.807, 2.05) is 80.1 Å². The number of carboxylic acids is 1. The van der Waals surface area contributed by atoms with Gasteiger partial charge in [-0.1, -0.05) is 63.4 Å². The molecule has 0 aliphatic heterocycles. The lowest BCUT2D eigenvalue weighted by molar-refractivity contribution is -0.137. The first-order chi connectivity index (χ1) is 18.4. The Hall–Kier alpha value is -3.13. The van der Waals surface area contributed by atoms with Gasteiger partial charge in [-0.05, 0) is 80.4 Å². The van der Waals surface area contributed by atoms with Gasteiger partial charge in [0.15, 0.2) is 0 Å². The number of hydrogen-bond donors (Lipinski definition) is 1. The Morgan fingerprint density at radius 1 is 0.923 bits per heavy atom. The molecular weight excluding hydrogens is 601 g/mol. The summed E-state index contributed by atoms with van der Waals surface area (Å²) in [6.45, 7) is 6.29. The normalized spacial score (nSPS) is 11.4. The van der Waals surface area contributed by atoms with Crippen LogP contribution in [0.4, 0.5) is 0 Å². The van der Waals surface area contributed by atoms with Gasteiger partial charge in [0.2, 0.25) is 0 Å². The molecule has 202 valence electrons. The van der Waals surface area contributed by atoms with Crippen LogP contribution in [0.5, 0.6) is 0 Å². The van der Waals surface area contributed by atoms with Gasteiger partial charge in [-0.3, -0.25) is 14.3 Å². The molecule has 39 heavy (non-hydrogen) atoms. The summed E-state index contributed by atoms with van der Waals surface area (Å²) in [6.07, 6.45) is -0.112. The quantitative estimate of drug-likeness (QED) is 0.214. The molecule has 1 aromatic heterocycles. The molecule has 0 fully saturated rings. The van der Waals surface area contributed by atoms with E-state index in [-0.39, 0.29) is 18.9 Å². The Bertz CT molecular complexity index is 1470. The summed E-state index contributed by atoms with van der Waals surface area (Å²) in [5, 5.41) is 15.1. The summed E-state index contributed by atoms with van der Waals surface area (Å²) < 4.78 is 2.89. The molecule has 0 radical (unpaired) electrons. The minimum absolute atomic E-state index is 0.112. The summed E-state index contributed by atoms with van der Waals surface area (Å²) in [6, 6.07) is 22.7. The largest absolute Gasteiger partial charge is 0.481 e. The number of carbonyl (C=O) groups is 2. The Kier molecular flexibility index (Phi) is 8.84. The van der Waals surface area contributed by atoms with Gasteiger partial charge in [-0.15, -0.1) is 0 Å². The van der Waals surface area contributed by atoms with E-state index < -0.39 is 11.5 Å². The van der Waals surface area contributed by atoms with Crippen molar-refractivity contribution in [3.63, 3.8) is 0 Å². The van der Waals surface area contributed by atoms with Gasteiger partial charge in [-0.25, -0.2) is 0 Å². The van der Waals surface area contributed by atoms with Crippen LogP contribution < -0.4 is 0 Å². The highest BCUT2D eigenvalue weighted by molar-refractivity contribution is 9.10. The highest BCUT2D eigenvalue weighted by Crippen LogP contribution is 2.31. The number of nitrogens with zero attached hydrogens (tertiary/aromatic N) is 3. The first-order valence-electron chi connectivity index (χ1n) is 12.3. The fourth-order valence-corrected chi connectivity index (χ4v) is 5.05. The number of rotatable bonds is 8. The van der Waals surface area contributed by atoms with E-state index in [1.165, 1.54) is 0 Å². The summed E-state index contributed by atoms with van der Waals surface area (Å²) in [7, 11) is 0. The van der Waals surface area contributed by atoms with Gasteiger partial charge in [0, 0.05) is 37.7 Å². The minimum Gasteiger partial charge on any atom is -0.481 e. The summed E-state index contributed by atoms with van der Waals surface area (Å²) >= 11 is 16.0. The van der Waals surface area contributed by atoms with E-state index in [4.69, 9.17) is 33.4 Å². The monoisotopic (exact) mass is 627 g/mol. The third kappa shape index (κ3) is 7.29. The van der Waals surface area contributed by atoms with E-state index >= 15 is 0 Å². The maximum Gasteiger partial charge on any atom is 0.305 e. The molecule has 0 bridgehead atoms. The molecule has 0 saturated heterocycles. The summed E-state index contributed by atoms with van der Waals surface area (Å²) in [4.78, 5) is 26.0. The van der Waals surface area contributed by atoms with E-state index in [1.54, 1.807) is 23.1 Å². The number of hydrogen-bond acceptors (Lipinski definition) is 3. The predicted molar refractivity (Wildman–Crippen MR) is 159 cm³/mol. The second-order valence-electron chi connectivity index (χ2n) is 10.2. The molecular formula is C30H28BrCl2N3O3. The van der Waals surface area contributed by atoms with Gasteiger partial charge in [0.1, 0.15) is 0 Å². The molecule has 0 saturated carbocycles. The first-order valence-corrected chi connectivity index (χ1v) is 13.9. The molecule has 1 N–H and O–H groups in total. The third-order valence-electron chi connectivity index (χ3n) is 6.22. The van der Waals surface area contributed by atoms with E-state index in [0.29, 0.717) is 22.2 Å². The number of amides is 1. The van der Waals surface area contributed by atoms with Crippen LogP contribution in [0.1, 0.15) is 43.1 Å². The Balaban J connectivity index is 1.65. The number of aliphatic carboxylic acids is 1. The van der Waals surface area contributed by atoms with Crippen molar-refractivity contribution < 1.29 is 14.7 Å².